The molecular weight excluding hydrogens is 282 g/mol. The zero-order valence-electron chi connectivity index (χ0n) is 9.68. The Morgan fingerprint density at radius 1 is 1.50 bits per heavy atom. The van der Waals surface area contributed by atoms with Gasteiger partial charge in [0, 0.05) is 20.8 Å². The van der Waals surface area contributed by atoms with Crippen LogP contribution in [0.25, 0.3) is 0 Å². The Balaban J connectivity index is 1.67. The van der Waals surface area contributed by atoms with Crippen LogP contribution in [0.2, 0.25) is 0 Å². The molecule has 3 heteroatoms. The maximum absolute atomic E-state index is 3.55. The fourth-order valence-corrected chi connectivity index (χ4v) is 3.60. The van der Waals surface area contributed by atoms with Crippen molar-refractivity contribution in [3.63, 3.8) is 0 Å². The van der Waals surface area contributed by atoms with E-state index in [-0.39, 0.29) is 0 Å². The van der Waals surface area contributed by atoms with E-state index in [0.29, 0.717) is 0 Å². The van der Waals surface area contributed by atoms with Crippen LogP contribution in [0.1, 0.15) is 35.4 Å². The predicted molar refractivity (Wildman–Crippen MR) is 75.0 cm³/mol. The third-order valence-electron chi connectivity index (χ3n) is 2.97. The second-order valence-corrected chi connectivity index (χ2v) is 6.49. The lowest BCUT2D eigenvalue weighted by molar-refractivity contribution is 0.681. The summed E-state index contributed by atoms with van der Waals surface area (Å²) in [4.78, 5) is 2.79. The van der Waals surface area contributed by atoms with Crippen molar-refractivity contribution in [3.8, 4) is 0 Å². The molecule has 0 bridgehead atoms. The number of nitrogens with one attached hydrogen (secondary N) is 1. The van der Waals surface area contributed by atoms with Crippen molar-refractivity contribution < 1.29 is 0 Å². The highest BCUT2D eigenvalue weighted by Crippen LogP contribution is 2.26. The van der Waals surface area contributed by atoms with Gasteiger partial charge in [0.15, 0.2) is 0 Å². The minimum atomic E-state index is 1.00. The highest BCUT2D eigenvalue weighted by atomic mass is 79.9. The normalized spacial score (nSPS) is 15.5. The topological polar surface area (TPSA) is 12.0 Å². The molecule has 16 heavy (non-hydrogen) atoms. The summed E-state index contributed by atoms with van der Waals surface area (Å²) in [6.45, 7) is 4.27. The van der Waals surface area contributed by atoms with Gasteiger partial charge in [0.05, 0.1) is 0 Å². The number of hydrogen-bond donors (Lipinski definition) is 1. The predicted octanol–water partition coefficient (Wildman–Crippen LogP) is 4.41. The maximum atomic E-state index is 3.55. The molecule has 1 aliphatic carbocycles. The third-order valence-corrected chi connectivity index (χ3v) is 5.10. The van der Waals surface area contributed by atoms with E-state index < -0.39 is 0 Å². The van der Waals surface area contributed by atoms with Crippen molar-refractivity contribution in [3.05, 3.63) is 31.9 Å². The molecule has 0 spiro atoms. The van der Waals surface area contributed by atoms with Crippen LogP contribution >= 0.6 is 27.3 Å². The van der Waals surface area contributed by atoms with Crippen molar-refractivity contribution in [2.45, 2.75) is 39.2 Å². The number of aryl methyl sites for hydroxylation is 1. The van der Waals surface area contributed by atoms with Crippen LogP contribution in [0.5, 0.6) is 0 Å². The van der Waals surface area contributed by atoms with Gasteiger partial charge >= 0.3 is 0 Å². The standard InChI is InChI=1S/C13H18BrNS/c1-10-13(14)8-12(16-10)9-15-7-6-11-4-2-3-5-11/h4,8,15H,2-3,5-7,9H2,1H3. The molecule has 0 aromatic carbocycles. The van der Waals surface area contributed by atoms with Crippen LogP contribution in [0.15, 0.2) is 22.2 Å². The van der Waals surface area contributed by atoms with Crippen LogP contribution < -0.4 is 5.32 Å². The summed E-state index contributed by atoms with van der Waals surface area (Å²) in [6.07, 6.45) is 7.63. The SMILES string of the molecule is Cc1sc(CNCCC2=CCCC2)cc1Br. The first kappa shape index (κ1) is 12.3. The van der Waals surface area contributed by atoms with E-state index in [2.05, 4.69) is 40.3 Å². The van der Waals surface area contributed by atoms with Crippen LogP contribution in [-0.4, -0.2) is 6.54 Å². The highest BCUT2D eigenvalue weighted by Gasteiger charge is 2.05. The molecule has 2 rings (SSSR count). The molecule has 1 aromatic rings. The van der Waals surface area contributed by atoms with E-state index in [9.17, 15) is 0 Å². The Hall–Kier alpha value is -0.120. The Morgan fingerprint density at radius 3 is 3.00 bits per heavy atom. The lowest BCUT2D eigenvalue weighted by Crippen LogP contribution is -2.14. The lowest BCUT2D eigenvalue weighted by atomic mass is 10.2. The van der Waals surface area contributed by atoms with Crippen molar-refractivity contribution >= 4 is 27.3 Å². The largest absolute Gasteiger partial charge is 0.312 e. The van der Waals surface area contributed by atoms with Gasteiger partial charge in [-0.25, -0.2) is 0 Å². The van der Waals surface area contributed by atoms with Crippen LogP contribution in [0.4, 0.5) is 0 Å². The van der Waals surface area contributed by atoms with Gasteiger partial charge in [-0.3, -0.25) is 0 Å². The van der Waals surface area contributed by atoms with Gasteiger partial charge < -0.3 is 5.32 Å². The summed E-state index contributed by atoms with van der Waals surface area (Å²) in [5, 5.41) is 3.52. The number of hydrogen-bond acceptors (Lipinski definition) is 2. The summed E-state index contributed by atoms with van der Waals surface area (Å²) in [6, 6.07) is 2.22. The molecule has 1 aromatic heterocycles. The molecule has 0 aliphatic heterocycles. The average molecular weight is 300 g/mol. The van der Waals surface area contributed by atoms with Gasteiger partial charge in [-0.2, -0.15) is 0 Å². The van der Waals surface area contributed by atoms with Gasteiger partial charge in [-0.15, -0.1) is 11.3 Å². The van der Waals surface area contributed by atoms with E-state index in [0.717, 1.165) is 13.1 Å². The number of thiophene rings is 1. The van der Waals surface area contributed by atoms with E-state index in [1.54, 1.807) is 5.57 Å². The first-order chi connectivity index (χ1) is 7.75. The summed E-state index contributed by atoms with van der Waals surface area (Å²) < 4.78 is 1.24. The minimum absolute atomic E-state index is 1.00. The Labute approximate surface area is 110 Å². The monoisotopic (exact) mass is 299 g/mol. The molecule has 0 radical (unpaired) electrons. The first-order valence-electron chi connectivity index (χ1n) is 5.89. The van der Waals surface area contributed by atoms with E-state index in [1.165, 1.54) is 39.9 Å². The summed E-state index contributed by atoms with van der Waals surface area (Å²) >= 11 is 5.43. The minimum Gasteiger partial charge on any atom is -0.312 e. The smallest absolute Gasteiger partial charge is 0.0314 e. The molecule has 1 N–H and O–H groups in total. The molecule has 0 saturated carbocycles. The van der Waals surface area contributed by atoms with E-state index >= 15 is 0 Å². The lowest BCUT2D eigenvalue weighted by Gasteiger charge is -2.03. The zero-order valence-corrected chi connectivity index (χ0v) is 12.1. The summed E-state index contributed by atoms with van der Waals surface area (Å²) in [5.74, 6) is 0. The Morgan fingerprint density at radius 2 is 2.38 bits per heavy atom. The Kier molecular flexibility index (Phi) is 4.62. The van der Waals surface area contributed by atoms with E-state index in [1.807, 2.05) is 11.3 Å². The van der Waals surface area contributed by atoms with Crippen molar-refractivity contribution in [2.24, 2.45) is 0 Å². The number of rotatable bonds is 5. The molecule has 1 heterocycles. The molecule has 0 saturated heterocycles. The highest BCUT2D eigenvalue weighted by molar-refractivity contribution is 9.10. The summed E-state index contributed by atoms with van der Waals surface area (Å²) in [5.41, 5.74) is 1.65. The third kappa shape index (κ3) is 3.44. The molecule has 1 aliphatic rings. The number of halogens is 1. The fourth-order valence-electron chi connectivity index (χ4n) is 2.03. The van der Waals surface area contributed by atoms with E-state index in [4.69, 9.17) is 0 Å². The first-order valence-corrected chi connectivity index (χ1v) is 7.50. The van der Waals surface area contributed by atoms with Crippen LogP contribution in [0, 0.1) is 6.92 Å². The molecule has 0 atom stereocenters. The van der Waals surface area contributed by atoms with Gasteiger partial charge in [-0.05, 0) is 61.1 Å². The quantitative estimate of drug-likeness (QED) is 0.627. The molecule has 0 fully saturated rings. The van der Waals surface area contributed by atoms with Gasteiger partial charge in [0.2, 0.25) is 0 Å². The molecule has 88 valence electrons. The van der Waals surface area contributed by atoms with Crippen LogP contribution in [0.3, 0.4) is 0 Å². The molecule has 0 unspecified atom stereocenters. The zero-order chi connectivity index (χ0) is 11.4. The van der Waals surface area contributed by atoms with Gasteiger partial charge in [0.25, 0.3) is 0 Å². The van der Waals surface area contributed by atoms with Crippen molar-refractivity contribution in [1.29, 1.82) is 0 Å². The summed E-state index contributed by atoms with van der Waals surface area (Å²) in [7, 11) is 0. The van der Waals surface area contributed by atoms with Gasteiger partial charge in [0.1, 0.15) is 0 Å². The van der Waals surface area contributed by atoms with Crippen molar-refractivity contribution in [1.82, 2.24) is 5.32 Å². The molecular formula is C13H18BrNS. The Bertz CT molecular complexity index is 362. The molecule has 0 amide bonds. The van der Waals surface area contributed by atoms with Crippen LogP contribution in [-0.2, 0) is 6.54 Å². The van der Waals surface area contributed by atoms with Gasteiger partial charge in [-0.1, -0.05) is 11.6 Å². The second-order valence-electron chi connectivity index (χ2n) is 4.30. The average Bonchev–Trinajstić information content (AvgIpc) is 2.85. The fraction of sp³-hybridized carbons (Fsp3) is 0.538. The number of allylic oxidation sites excluding steroid dienone is 1. The maximum Gasteiger partial charge on any atom is 0.0314 e. The van der Waals surface area contributed by atoms with Crippen molar-refractivity contribution in [2.75, 3.05) is 6.54 Å². The molecule has 1 nitrogen and oxygen atoms in total. The second kappa shape index (κ2) is 5.99.